The molecule has 1 aliphatic rings. The van der Waals surface area contributed by atoms with E-state index in [-0.39, 0.29) is 23.9 Å². The second kappa shape index (κ2) is 9.28. The number of rotatable bonds is 7. The van der Waals surface area contributed by atoms with Crippen LogP contribution in [-0.4, -0.2) is 69.9 Å². The Labute approximate surface area is 172 Å². The average molecular weight is 418 g/mol. The molecular formula is C21H27N3O4S. The van der Waals surface area contributed by atoms with E-state index in [0.29, 0.717) is 18.8 Å². The van der Waals surface area contributed by atoms with Crippen LogP contribution in [0.2, 0.25) is 0 Å². The quantitative estimate of drug-likeness (QED) is 0.690. The Morgan fingerprint density at radius 3 is 2.17 bits per heavy atom. The van der Waals surface area contributed by atoms with E-state index in [0.717, 1.165) is 18.8 Å². The summed E-state index contributed by atoms with van der Waals surface area (Å²) in [5.41, 5.74) is 1.14. The molecule has 2 aromatic rings. The minimum Gasteiger partial charge on any atom is -0.497 e. The van der Waals surface area contributed by atoms with E-state index in [1.165, 1.54) is 23.5 Å². The maximum Gasteiger partial charge on any atom is 0.243 e. The van der Waals surface area contributed by atoms with Crippen molar-refractivity contribution in [3.8, 4) is 5.75 Å². The predicted molar refractivity (Wildman–Crippen MR) is 113 cm³/mol. The molecule has 0 bridgehead atoms. The highest BCUT2D eigenvalue weighted by Gasteiger charge is 2.28. The van der Waals surface area contributed by atoms with Crippen LogP contribution in [0.3, 0.4) is 0 Å². The van der Waals surface area contributed by atoms with E-state index in [1.807, 2.05) is 18.2 Å². The van der Waals surface area contributed by atoms with E-state index in [2.05, 4.69) is 17.0 Å². The van der Waals surface area contributed by atoms with Gasteiger partial charge in [-0.25, -0.2) is 8.42 Å². The molecule has 0 unspecified atom stereocenters. The molecule has 2 aromatic carbocycles. The van der Waals surface area contributed by atoms with Crippen molar-refractivity contribution in [2.45, 2.75) is 11.8 Å². The number of amides is 1. The van der Waals surface area contributed by atoms with Gasteiger partial charge in [-0.1, -0.05) is 25.1 Å². The minimum absolute atomic E-state index is 0.154. The van der Waals surface area contributed by atoms with E-state index in [4.69, 9.17) is 4.74 Å². The van der Waals surface area contributed by atoms with Gasteiger partial charge in [-0.15, -0.1) is 0 Å². The lowest BCUT2D eigenvalue weighted by Crippen LogP contribution is -2.51. The number of methoxy groups -OCH3 is 1. The number of hydrogen-bond acceptors (Lipinski definition) is 5. The molecular weight excluding hydrogens is 390 g/mol. The largest absolute Gasteiger partial charge is 0.497 e. The first-order valence-electron chi connectivity index (χ1n) is 9.67. The van der Waals surface area contributed by atoms with Gasteiger partial charge in [0, 0.05) is 38.4 Å². The predicted octanol–water partition coefficient (Wildman–Crippen LogP) is 2.05. The molecule has 1 fully saturated rings. The van der Waals surface area contributed by atoms with Crippen molar-refractivity contribution in [2.24, 2.45) is 0 Å². The van der Waals surface area contributed by atoms with Crippen LogP contribution in [0.5, 0.6) is 5.75 Å². The Morgan fingerprint density at radius 1 is 1.00 bits per heavy atom. The Hall–Kier alpha value is -2.58. The van der Waals surface area contributed by atoms with Gasteiger partial charge in [0.15, 0.2) is 0 Å². The number of likely N-dealkylation sites (N-methyl/N-ethyl adjacent to an activating group) is 1. The van der Waals surface area contributed by atoms with Crippen molar-refractivity contribution in [2.75, 3.05) is 51.3 Å². The smallest absolute Gasteiger partial charge is 0.243 e. The van der Waals surface area contributed by atoms with E-state index in [1.54, 1.807) is 24.0 Å². The number of piperazine rings is 1. The molecule has 0 N–H and O–H groups in total. The fourth-order valence-electron chi connectivity index (χ4n) is 3.37. The summed E-state index contributed by atoms with van der Waals surface area (Å²) in [6.07, 6.45) is 0. The van der Waals surface area contributed by atoms with Gasteiger partial charge in [-0.2, -0.15) is 4.31 Å². The zero-order valence-electron chi connectivity index (χ0n) is 16.8. The maximum absolute atomic E-state index is 12.9. The van der Waals surface area contributed by atoms with Crippen LogP contribution in [0.1, 0.15) is 6.92 Å². The summed E-state index contributed by atoms with van der Waals surface area (Å²) >= 11 is 0. The normalized spacial score (nSPS) is 14.9. The number of carbonyl (C=O) groups is 1. The van der Waals surface area contributed by atoms with Crippen molar-refractivity contribution < 1.29 is 17.9 Å². The van der Waals surface area contributed by atoms with Gasteiger partial charge in [-0.05, 0) is 36.4 Å². The number of ether oxygens (including phenoxy) is 1. The second-order valence-electron chi connectivity index (χ2n) is 6.81. The highest BCUT2D eigenvalue weighted by Crippen LogP contribution is 2.20. The third kappa shape index (κ3) is 4.89. The highest BCUT2D eigenvalue weighted by atomic mass is 32.2. The summed E-state index contributed by atoms with van der Waals surface area (Å²) in [6, 6.07) is 16.3. The lowest BCUT2D eigenvalue weighted by atomic mass is 10.2. The molecule has 156 valence electrons. The molecule has 7 nitrogen and oxygen atoms in total. The van der Waals surface area contributed by atoms with Crippen molar-refractivity contribution >= 4 is 21.6 Å². The SMILES string of the molecule is CCN(CC(=O)N1CCN(c2ccccc2)CC1)S(=O)(=O)c1ccc(OC)cc1. The van der Waals surface area contributed by atoms with Crippen LogP contribution in [0.4, 0.5) is 5.69 Å². The monoisotopic (exact) mass is 417 g/mol. The fourth-order valence-corrected chi connectivity index (χ4v) is 4.77. The molecule has 0 spiro atoms. The Bertz CT molecular complexity index is 909. The van der Waals surface area contributed by atoms with E-state index in [9.17, 15) is 13.2 Å². The number of benzene rings is 2. The second-order valence-corrected chi connectivity index (χ2v) is 8.75. The number of hydrogen-bond donors (Lipinski definition) is 0. The van der Waals surface area contributed by atoms with Crippen molar-refractivity contribution in [3.05, 3.63) is 54.6 Å². The molecule has 8 heteroatoms. The zero-order valence-corrected chi connectivity index (χ0v) is 17.6. The maximum atomic E-state index is 12.9. The van der Waals surface area contributed by atoms with Crippen molar-refractivity contribution in [1.29, 1.82) is 0 Å². The molecule has 0 radical (unpaired) electrons. The number of anilines is 1. The third-order valence-corrected chi connectivity index (χ3v) is 7.05. The molecule has 0 saturated carbocycles. The van der Waals surface area contributed by atoms with Crippen molar-refractivity contribution in [3.63, 3.8) is 0 Å². The standard InChI is InChI=1S/C21H27N3O4S/c1-3-24(29(26,27)20-11-9-19(28-2)10-12-20)17-21(25)23-15-13-22(14-16-23)18-7-5-4-6-8-18/h4-12H,3,13-17H2,1-2H3. The molecule has 1 aliphatic heterocycles. The summed E-state index contributed by atoms with van der Waals surface area (Å²) in [4.78, 5) is 16.9. The zero-order chi connectivity index (χ0) is 20.9. The van der Waals surface area contributed by atoms with E-state index < -0.39 is 10.0 Å². The summed E-state index contributed by atoms with van der Waals surface area (Å²) in [7, 11) is -2.22. The average Bonchev–Trinajstić information content (AvgIpc) is 2.78. The van der Waals surface area contributed by atoms with Gasteiger partial charge in [0.2, 0.25) is 15.9 Å². The van der Waals surface area contributed by atoms with Crippen molar-refractivity contribution in [1.82, 2.24) is 9.21 Å². The van der Waals surface area contributed by atoms with Crippen LogP contribution in [0.25, 0.3) is 0 Å². The van der Waals surface area contributed by atoms with Crippen LogP contribution in [0.15, 0.2) is 59.5 Å². The highest BCUT2D eigenvalue weighted by molar-refractivity contribution is 7.89. The number of sulfonamides is 1. The molecule has 1 amide bonds. The first kappa shape index (κ1) is 21.1. The first-order chi connectivity index (χ1) is 14.0. The van der Waals surface area contributed by atoms with Gasteiger partial charge >= 0.3 is 0 Å². The molecule has 0 aliphatic carbocycles. The molecule has 1 heterocycles. The number of nitrogens with zero attached hydrogens (tertiary/aromatic N) is 3. The molecule has 29 heavy (non-hydrogen) atoms. The molecule has 0 aromatic heterocycles. The summed E-state index contributed by atoms with van der Waals surface area (Å²) in [5, 5.41) is 0. The Morgan fingerprint density at radius 2 is 1.62 bits per heavy atom. The molecule has 3 rings (SSSR count). The van der Waals surface area contributed by atoms with Gasteiger partial charge < -0.3 is 14.5 Å². The van der Waals surface area contributed by atoms with Crippen LogP contribution in [0, 0.1) is 0 Å². The fraction of sp³-hybridized carbons (Fsp3) is 0.381. The summed E-state index contributed by atoms with van der Waals surface area (Å²) in [5.74, 6) is 0.413. The van der Waals surface area contributed by atoms with Crippen LogP contribution >= 0.6 is 0 Å². The third-order valence-electron chi connectivity index (χ3n) is 5.12. The van der Waals surface area contributed by atoms with Crippen LogP contribution in [-0.2, 0) is 14.8 Å². The molecule has 1 saturated heterocycles. The lowest BCUT2D eigenvalue weighted by Gasteiger charge is -2.36. The molecule has 0 atom stereocenters. The first-order valence-corrected chi connectivity index (χ1v) is 11.1. The van der Waals surface area contributed by atoms with Crippen LogP contribution < -0.4 is 9.64 Å². The van der Waals surface area contributed by atoms with Gasteiger partial charge in [0.1, 0.15) is 5.75 Å². The van der Waals surface area contributed by atoms with E-state index >= 15 is 0 Å². The van der Waals surface area contributed by atoms with Gasteiger partial charge in [-0.3, -0.25) is 4.79 Å². The minimum atomic E-state index is -3.74. The Kier molecular flexibility index (Phi) is 6.76. The number of para-hydroxylation sites is 1. The lowest BCUT2D eigenvalue weighted by molar-refractivity contribution is -0.131. The topological polar surface area (TPSA) is 70.2 Å². The van der Waals surface area contributed by atoms with Gasteiger partial charge in [0.25, 0.3) is 0 Å². The summed E-state index contributed by atoms with van der Waals surface area (Å²) in [6.45, 7) is 4.42. The number of carbonyl (C=O) groups excluding carboxylic acids is 1. The summed E-state index contributed by atoms with van der Waals surface area (Å²) < 4.78 is 32.2. The Balaban J connectivity index is 1.62. The van der Waals surface area contributed by atoms with Gasteiger partial charge in [0.05, 0.1) is 18.6 Å².